The van der Waals surface area contributed by atoms with Crippen LogP contribution in [0.3, 0.4) is 0 Å². The summed E-state index contributed by atoms with van der Waals surface area (Å²) < 4.78 is 7.88. The Kier molecular flexibility index (Phi) is 5.65. The number of thiophene rings is 1. The van der Waals surface area contributed by atoms with Crippen LogP contribution in [0.4, 0.5) is 0 Å². The highest BCUT2D eigenvalue weighted by Gasteiger charge is 2.22. The number of fused-ring (bicyclic) bond motifs is 1. The molecule has 0 saturated heterocycles. The van der Waals surface area contributed by atoms with Gasteiger partial charge in [0, 0.05) is 57.3 Å². The number of aromatic nitrogens is 2. The van der Waals surface area contributed by atoms with Crippen LogP contribution in [0.25, 0.3) is 0 Å². The van der Waals surface area contributed by atoms with Gasteiger partial charge < -0.3 is 14.2 Å². The minimum absolute atomic E-state index is 0.00221. The molecule has 2 aromatic rings. The molecule has 1 unspecified atom stereocenters. The molecule has 0 aromatic carbocycles. The Bertz CT molecular complexity index is 653. The lowest BCUT2D eigenvalue weighted by atomic mass is 10.1. The van der Waals surface area contributed by atoms with Gasteiger partial charge in [0.05, 0.1) is 18.6 Å². The third kappa shape index (κ3) is 4.43. The van der Waals surface area contributed by atoms with Crippen LogP contribution in [0.2, 0.25) is 0 Å². The summed E-state index contributed by atoms with van der Waals surface area (Å²) in [5.74, 6) is 0.345. The van der Waals surface area contributed by atoms with Gasteiger partial charge in [-0.2, -0.15) is 0 Å². The van der Waals surface area contributed by atoms with Crippen molar-refractivity contribution in [1.29, 1.82) is 0 Å². The van der Waals surface area contributed by atoms with Crippen molar-refractivity contribution in [2.24, 2.45) is 5.92 Å². The number of ether oxygens (including phenoxy) is 1. The van der Waals surface area contributed by atoms with Gasteiger partial charge in [-0.1, -0.05) is 6.07 Å². The zero-order valence-electron chi connectivity index (χ0n) is 14.2. The summed E-state index contributed by atoms with van der Waals surface area (Å²) in [7, 11) is 3.50. The van der Waals surface area contributed by atoms with E-state index in [0.29, 0.717) is 12.5 Å². The van der Waals surface area contributed by atoms with E-state index in [4.69, 9.17) is 4.74 Å². The average Bonchev–Trinajstić information content (AvgIpc) is 3.16. The smallest absolute Gasteiger partial charge is 0.248 e. The van der Waals surface area contributed by atoms with Crippen molar-refractivity contribution >= 4 is 17.2 Å². The summed E-state index contributed by atoms with van der Waals surface area (Å²) in [5, 5.41) is 2.12. The maximum atomic E-state index is 11.7. The number of amides is 1. The minimum atomic E-state index is 0.00221. The first-order valence-electron chi connectivity index (χ1n) is 8.13. The standard InChI is InChI=1S/C17H24N4O2S/c1-19(2)17(22)12-23-11-14-7-20(10-16-4-3-5-24-16)9-15-6-18-13-21(15)8-14/h3-6,13-14H,7-12H2,1-2H3. The third-order valence-electron chi connectivity index (χ3n) is 4.19. The van der Waals surface area contributed by atoms with E-state index in [1.165, 1.54) is 10.6 Å². The molecule has 0 bridgehead atoms. The van der Waals surface area contributed by atoms with Gasteiger partial charge in [0.25, 0.3) is 0 Å². The van der Waals surface area contributed by atoms with Crippen molar-refractivity contribution in [3.8, 4) is 0 Å². The van der Waals surface area contributed by atoms with Crippen molar-refractivity contribution in [2.45, 2.75) is 19.6 Å². The number of hydrogen-bond acceptors (Lipinski definition) is 5. The van der Waals surface area contributed by atoms with E-state index in [9.17, 15) is 4.79 Å². The number of imidazole rings is 1. The molecule has 0 aliphatic carbocycles. The molecule has 0 spiro atoms. The Morgan fingerprint density at radius 1 is 1.46 bits per heavy atom. The number of hydrogen-bond donors (Lipinski definition) is 0. The van der Waals surface area contributed by atoms with Gasteiger partial charge in [0.1, 0.15) is 6.61 Å². The summed E-state index contributed by atoms with van der Waals surface area (Å²) in [5.41, 5.74) is 1.23. The van der Waals surface area contributed by atoms with Crippen LogP contribution < -0.4 is 0 Å². The molecule has 3 rings (SSSR count). The van der Waals surface area contributed by atoms with Crippen LogP contribution in [0.5, 0.6) is 0 Å². The van der Waals surface area contributed by atoms with E-state index < -0.39 is 0 Å². The number of rotatable bonds is 6. The van der Waals surface area contributed by atoms with Crippen LogP contribution in [0, 0.1) is 5.92 Å². The van der Waals surface area contributed by atoms with Gasteiger partial charge in [0.15, 0.2) is 0 Å². The van der Waals surface area contributed by atoms with Crippen LogP contribution >= 0.6 is 11.3 Å². The lowest BCUT2D eigenvalue weighted by molar-refractivity contribution is -0.134. The molecule has 7 heteroatoms. The van der Waals surface area contributed by atoms with Crippen molar-refractivity contribution in [3.63, 3.8) is 0 Å². The number of nitrogens with zero attached hydrogens (tertiary/aromatic N) is 4. The Balaban J connectivity index is 1.62. The van der Waals surface area contributed by atoms with E-state index in [-0.39, 0.29) is 12.5 Å². The van der Waals surface area contributed by atoms with Crippen molar-refractivity contribution in [1.82, 2.24) is 19.4 Å². The maximum absolute atomic E-state index is 11.7. The third-order valence-corrected chi connectivity index (χ3v) is 5.05. The highest BCUT2D eigenvalue weighted by atomic mass is 32.1. The molecule has 130 valence electrons. The first-order chi connectivity index (χ1) is 11.6. The van der Waals surface area contributed by atoms with E-state index >= 15 is 0 Å². The Hall–Kier alpha value is -1.70. The zero-order chi connectivity index (χ0) is 16.9. The summed E-state index contributed by atoms with van der Waals surface area (Å²) in [6.45, 7) is 4.40. The van der Waals surface area contributed by atoms with Gasteiger partial charge >= 0.3 is 0 Å². The number of carbonyl (C=O) groups excluding carboxylic acids is 1. The van der Waals surface area contributed by atoms with Gasteiger partial charge in [-0.15, -0.1) is 11.3 Å². The predicted molar refractivity (Wildman–Crippen MR) is 93.7 cm³/mol. The first kappa shape index (κ1) is 17.1. The van der Waals surface area contributed by atoms with E-state index in [2.05, 4.69) is 32.0 Å². The molecule has 0 fully saturated rings. The summed E-state index contributed by atoms with van der Waals surface area (Å²) >= 11 is 1.79. The second-order valence-corrected chi connectivity index (χ2v) is 7.49. The Morgan fingerprint density at radius 3 is 3.08 bits per heavy atom. The van der Waals surface area contributed by atoms with Crippen LogP contribution in [-0.2, 0) is 29.2 Å². The molecule has 0 radical (unpaired) electrons. The molecule has 1 aliphatic heterocycles. The molecule has 1 atom stereocenters. The summed E-state index contributed by atoms with van der Waals surface area (Å²) in [6.07, 6.45) is 3.84. The fraction of sp³-hybridized carbons (Fsp3) is 0.529. The van der Waals surface area contributed by atoms with Gasteiger partial charge in [-0.3, -0.25) is 9.69 Å². The first-order valence-corrected chi connectivity index (χ1v) is 9.01. The van der Waals surface area contributed by atoms with E-state index in [0.717, 1.165) is 26.2 Å². The number of carbonyl (C=O) groups is 1. The lowest BCUT2D eigenvalue weighted by Crippen LogP contribution is -2.32. The normalized spacial score (nSPS) is 18.2. The van der Waals surface area contributed by atoms with Gasteiger partial charge in [0.2, 0.25) is 5.91 Å². The summed E-state index contributed by atoms with van der Waals surface area (Å²) in [6, 6.07) is 4.27. The molecule has 0 saturated carbocycles. The Morgan fingerprint density at radius 2 is 2.33 bits per heavy atom. The molecule has 1 amide bonds. The topological polar surface area (TPSA) is 50.6 Å². The van der Waals surface area contributed by atoms with Crippen molar-refractivity contribution in [3.05, 3.63) is 40.6 Å². The lowest BCUT2D eigenvalue weighted by Gasteiger charge is -2.23. The summed E-state index contributed by atoms with van der Waals surface area (Å²) in [4.78, 5) is 21.3. The molecular weight excluding hydrogens is 324 g/mol. The highest BCUT2D eigenvalue weighted by molar-refractivity contribution is 7.09. The minimum Gasteiger partial charge on any atom is -0.371 e. The van der Waals surface area contributed by atoms with Gasteiger partial charge in [-0.25, -0.2) is 4.98 Å². The van der Waals surface area contributed by atoms with Gasteiger partial charge in [-0.05, 0) is 11.4 Å². The fourth-order valence-corrected chi connectivity index (χ4v) is 3.68. The van der Waals surface area contributed by atoms with E-state index in [1.54, 1.807) is 30.3 Å². The van der Waals surface area contributed by atoms with Crippen molar-refractivity contribution in [2.75, 3.05) is 33.9 Å². The fourth-order valence-electron chi connectivity index (χ4n) is 2.93. The second-order valence-electron chi connectivity index (χ2n) is 6.46. The average molecular weight is 348 g/mol. The van der Waals surface area contributed by atoms with Crippen LogP contribution in [-0.4, -0.2) is 59.1 Å². The molecule has 6 nitrogen and oxygen atoms in total. The number of likely N-dealkylation sites (N-methyl/N-ethyl adjacent to an activating group) is 1. The molecule has 2 aromatic heterocycles. The van der Waals surface area contributed by atoms with Crippen LogP contribution in [0.1, 0.15) is 10.6 Å². The largest absolute Gasteiger partial charge is 0.371 e. The maximum Gasteiger partial charge on any atom is 0.248 e. The zero-order valence-corrected chi connectivity index (χ0v) is 15.0. The SMILES string of the molecule is CN(C)C(=O)COCC1CN(Cc2cccs2)Cc2cncn2C1. The molecule has 24 heavy (non-hydrogen) atoms. The van der Waals surface area contributed by atoms with Crippen LogP contribution in [0.15, 0.2) is 30.0 Å². The molecular formula is C17H24N4O2S. The highest BCUT2D eigenvalue weighted by Crippen LogP contribution is 2.20. The van der Waals surface area contributed by atoms with Crippen molar-refractivity contribution < 1.29 is 9.53 Å². The quantitative estimate of drug-likeness (QED) is 0.797. The Labute approximate surface area is 146 Å². The monoisotopic (exact) mass is 348 g/mol. The molecule has 3 heterocycles. The second kappa shape index (κ2) is 7.92. The molecule has 0 N–H and O–H groups in total. The van der Waals surface area contributed by atoms with E-state index in [1.807, 2.05) is 12.5 Å². The predicted octanol–water partition coefficient (Wildman–Crippen LogP) is 1.68. The molecule has 1 aliphatic rings.